The molecule has 3 N–H and O–H groups in total. The lowest BCUT2D eigenvalue weighted by Crippen LogP contribution is -2.48. The fourth-order valence-corrected chi connectivity index (χ4v) is 4.87. The van der Waals surface area contributed by atoms with Gasteiger partial charge in [0.05, 0.1) is 11.1 Å². The Hall–Kier alpha value is -1.09. The molecule has 2 aromatic rings. The smallest absolute Gasteiger partial charge is 0.247 e. The highest BCUT2D eigenvalue weighted by molar-refractivity contribution is 7.89. The van der Waals surface area contributed by atoms with Crippen LogP contribution in [0.5, 0.6) is 0 Å². The van der Waals surface area contributed by atoms with Gasteiger partial charge in [-0.3, -0.25) is 0 Å². The molecule has 0 radical (unpaired) electrons. The van der Waals surface area contributed by atoms with Gasteiger partial charge in [0.2, 0.25) is 10.0 Å². The molecule has 0 bridgehead atoms. The summed E-state index contributed by atoms with van der Waals surface area (Å²) in [5, 5.41) is 3.98. The molecule has 1 saturated heterocycles. The van der Waals surface area contributed by atoms with E-state index < -0.39 is 10.0 Å². The summed E-state index contributed by atoms with van der Waals surface area (Å²) >= 11 is 12.0. The summed E-state index contributed by atoms with van der Waals surface area (Å²) in [7, 11) is -3.85. The van der Waals surface area contributed by atoms with Gasteiger partial charge in [0, 0.05) is 30.9 Å². The molecule has 25 heavy (non-hydrogen) atoms. The maximum Gasteiger partial charge on any atom is 0.247 e. The van der Waals surface area contributed by atoms with Crippen molar-refractivity contribution in [2.75, 3.05) is 25.4 Å². The molecule has 3 rings (SSSR count). The number of nitrogens with one attached hydrogen (secondary N) is 1. The highest BCUT2D eigenvalue weighted by Gasteiger charge is 2.36. The van der Waals surface area contributed by atoms with E-state index in [1.165, 1.54) is 16.6 Å². The maximum atomic E-state index is 13.1. The van der Waals surface area contributed by atoms with Gasteiger partial charge in [-0.05, 0) is 23.8 Å². The van der Waals surface area contributed by atoms with Crippen molar-refractivity contribution in [1.29, 1.82) is 0 Å². The molecule has 0 spiro atoms. The molecule has 0 aliphatic carbocycles. The van der Waals surface area contributed by atoms with E-state index in [2.05, 4.69) is 10.3 Å². The summed E-state index contributed by atoms with van der Waals surface area (Å²) in [5.74, 6) is -0.0669. The van der Waals surface area contributed by atoms with Crippen molar-refractivity contribution in [3.63, 3.8) is 0 Å². The number of piperazine rings is 1. The van der Waals surface area contributed by atoms with Crippen LogP contribution in [0.15, 0.2) is 41.4 Å². The zero-order valence-electron chi connectivity index (χ0n) is 13.0. The molecular formula is C15H17Cl3N4O2S. The highest BCUT2D eigenvalue weighted by Crippen LogP contribution is 2.32. The van der Waals surface area contributed by atoms with E-state index in [-0.39, 0.29) is 34.2 Å². The van der Waals surface area contributed by atoms with E-state index in [4.69, 9.17) is 28.9 Å². The summed E-state index contributed by atoms with van der Waals surface area (Å²) < 4.78 is 27.6. The number of nitrogens with two attached hydrogens (primary N) is 1. The Kier molecular flexibility index (Phi) is 6.53. The molecular weight excluding hydrogens is 407 g/mol. The fraction of sp³-hybridized carbons (Fsp3) is 0.267. The third-order valence-electron chi connectivity index (χ3n) is 3.86. The molecule has 10 heteroatoms. The quantitative estimate of drug-likeness (QED) is 0.792. The number of benzene rings is 1. The molecule has 2 heterocycles. The number of halogens is 3. The van der Waals surface area contributed by atoms with E-state index in [9.17, 15) is 8.42 Å². The molecule has 1 unspecified atom stereocenters. The second kappa shape index (κ2) is 8.07. The first kappa shape index (κ1) is 20.2. The molecule has 6 nitrogen and oxygen atoms in total. The minimum Gasteiger partial charge on any atom is -0.383 e. The van der Waals surface area contributed by atoms with Gasteiger partial charge in [0.1, 0.15) is 10.7 Å². The second-order valence-corrected chi connectivity index (χ2v) is 8.16. The topological polar surface area (TPSA) is 88.3 Å². The molecule has 1 fully saturated rings. The second-order valence-electron chi connectivity index (χ2n) is 5.43. The van der Waals surface area contributed by atoms with Crippen LogP contribution in [0.3, 0.4) is 0 Å². The molecule has 1 aromatic heterocycles. The summed E-state index contributed by atoms with van der Waals surface area (Å²) in [6.07, 6.45) is 1.32. The third kappa shape index (κ3) is 4.19. The molecule has 0 amide bonds. The van der Waals surface area contributed by atoms with Crippen LogP contribution in [-0.2, 0) is 10.0 Å². The number of hydrogen-bond donors (Lipinski definition) is 2. The van der Waals surface area contributed by atoms with Crippen LogP contribution in [0.25, 0.3) is 0 Å². The van der Waals surface area contributed by atoms with Crippen molar-refractivity contribution >= 4 is 51.5 Å². The average Bonchev–Trinajstić information content (AvgIpc) is 2.57. The van der Waals surface area contributed by atoms with Crippen molar-refractivity contribution in [2.45, 2.75) is 10.9 Å². The number of nitrogens with zero attached hydrogens (tertiary/aromatic N) is 2. The van der Waals surface area contributed by atoms with Crippen LogP contribution in [0.4, 0.5) is 5.82 Å². The van der Waals surface area contributed by atoms with E-state index in [0.717, 1.165) is 5.56 Å². The third-order valence-corrected chi connectivity index (χ3v) is 6.24. The molecule has 1 aliphatic rings. The van der Waals surface area contributed by atoms with Crippen molar-refractivity contribution in [2.24, 2.45) is 0 Å². The zero-order valence-corrected chi connectivity index (χ0v) is 16.2. The number of hydrogen-bond acceptors (Lipinski definition) is 5. The number of pyridine rings is 1. The van der Waals surface area contributed by atoms with E-state index in [0.29, 0.717) is 24.7 Å². The van der Waals surface area contributed by atoms with Crippen LogP contribution < -0.4 is 11.1 Å². The van der Waals surface area contributed by atoms with Gasteiger partial charge in [0.15, 0.2) is 0 Å². The SMILES string of the molecule is Cl.Nc1ncc(Cl)cc1S(=O)(=O)N1CCNCC1c1cccc(Cl)c1. The van der Waals surface area contributed by atoms with Gasteiger partial charge in [0.25, 0.3) is 0 Å². The number of sulfonamides is 1. The summed E-state index contributed by atoms with van der Waals surface area (Å²) in [6.45, 7) is 1.34. The number of rotatable bonds is 3. The maximum absolute atomic E-state index is 13.1. The molecule has 136 valence electrons. The first-order valence-corrected chi connectivity index (χ1v) is 9.48. The number of aromatic nitrogens is 1. The lowest BCUT2D eigenvalue weighted by atomic mass is 10.1. The van der Waals surface area contributed by atoms with Crippen LogP contribution in [-0.4, -0.2) is 37.3 Å². The molecule has 1 atom stereocenters. The Morgan fingerprint density at radius 2 is 2.00 bits per heavy atom. The molecule has 0 saturated carbocycles. The van der Waals surface area contributed by atoms with Crippen LogP contribution >= 0.6 is 35.6 Å². The predicted octanol–water partition coefficient (Wildman–Crippen LogP) is 2.73. The normalized spacial score (nSPS) is 18.6. The van der Waals surface area contributed by atoms with Gasteiger partial charge >= 0.3 is 0 Å². The Labute approximate surface area is 162 Å². The molecule has 1 aliphatic heterocycles. The largest absolute Gasteiger partial charge is 0.383 e. The Morgan fingerprint density at radius 3 is 2.72 bits per heavy atom. The number of nitrogen functional groups attached to an aromatic ring is 1. The summed E-state index contributed by atoms with van der Waals surface area (Å²) in [5.41, 5.74) is 6.59. The first-order chi connectivity index (χ1) is 11.4. The minimum absolute atomic E-state index is 0. The van der Waals surface area contributed by atoms with Crippen LogP contribution in [0.2, 0.25) is 10.0 Å². The van der Waals surface area contributed by atoms with E-state index >= 15 is 0 Å². The van der Waals surface area contributed by atoms with E-state index in [1.807, 2.05) is 6.07 Å². The summed E-state index contributed by atoms with van der Waals surface area (Å²) in [4.78, 5) is 3.78. The Morgan fingerprint density at radius 1 is 1.24 bits per heavy atom. The van der Waals surface area contributed by atoms with Crippen molar-refractivity contribution in [3.8, 4) is 0 Å². The average molecular weight is 424 g/mol. The number of anilines is 1. The lowest BCUT2D eigenvalue weighted by Gasteiger charge is -2.35. The van der Waals surface area contributed by atoms with E-state index in [1.54, 1.807) is 18.2 Å². The van der Waals surface area contributed by atoms with Crippen molar-refractivity contribution in [1.82, 2.24) is 14.6 Å². The summed E-state index contributed by atoms with van der Waals surface area (Å²) in [6, 6.07) is 8.11. The van der Waals surface area contributed by atoms with Gasteiger partial charge < -0.3 is 11.1 Å². The van der Waals surface area contributed by atoms with Gasteiger partial charge in [-0.15, -0.1) is 12.4 Å². The fourth-order valence-electron chi connectivity index (χ4n) is 2.74. The van der Waals surface area contributed by atoms with Gasteiger partial charge in [-0.2, -0.15) is 4.31 Å². The first-order valence-electron chi connectivity index (χ1n) is 7.28. The zero-order chi connectivity index (χ0) is 17.3. The Balaban J connectivity index is 0.00000225. The highest BCUT2D eigenvalue weighted by atomic mass is 35.5. The lowest BCUT2D eigenvalue weighted by molar-refractivity contribution is 0.271. The minimum atomic E-state index is -3.85. The van der Waals surface area contributed by atoms with Crippen LogP contribution in [0.1, 0.15) is 11.6 Å². The standard InChI is InChI=1S/C15H16Cl2N4O2S.ClH/c16-11-3-1-2-10(6-11)13-9-19-4-5-21(13)24(22,23)14-7-12(17)8-20-15(14)18;/h1-3,6-8,13,19H,4-5,9H2,(H2,18,20);1H. The van der Waals surface area contributed by atoms with Gasteiger partial charge in [-0.25, -0.2) is 13.4 Å². The van der Waals surface area contributed by atoms with Gasteiger partial charge in [-0.1, -0.05) is 35.3 Å². The van der Waals surface area contributed by atoms with Crippen molar-refractivity contribution in [3.05, 3.63) is 52.1 Å². The monoisotopic (exact) mass is 422 g/mol. The Bertz CT molecular complexity index is 864. The molecule has 1 aromatic carbocycles. The predicted molar refractivity (Wildman–Crippen MR) is 102 cm³/mol. The van der Waals surface area contributed by atoms with Crippen molar-refractivity contribution < 1.29 is 8.42 Å². The van der Waals surface area contributed by atoms with Crippen LogP contribution in [0, 0.1) is 0 Å².